The van der Waals surface area contributed by atoms with Crippen LogP contribution in [0.25, 0.3) is 0 Å². The molecule has 1 atom stereocenters. The van der Waals surface area contributed by atoms with Gasteiger partial charge in [0.05, 0.1) is 19.1 Å². The van der Waals surface area contributed by atoms with Crippen LogP contribution in [-0.4, -0.2) is 39.2 Å². The van der Waals surface area contributed by atoms with Crippen LogP contribution in [-0.2, 0) is 16.6 Å². The Morgan fingerprint density at radius 1 is 1.23 bits per heavy atom. The van der Waals surface area contributed by atoms with Crippen molar-refractivity contribution in [1.29, 1.82) is 5.26 Å². The molecule has 31 heavy (non-hydrogen) atoms. The van der Waals surface area contributed by atoms with E-state index in [1.54, 1.807) is 6.07 Å². The molecule has 0 fully saturated rings. The van der Waals surface area contributed by atoms with E-state index >= 15 is 0 Å². The van der Waals surface area contributed by atoms with Crippen molar-refractivity contribution in [2.45, 2.75) is 45.1 Å². The minimum atomic E-state index is -1.48. The number of hydrogen-bond acceptors (Lipinski definition) is 6. The van der Waals surface area contributed by atoms with Gasteiger partial charge in [-0.2, -0.15) is 5.26 Å². The van der Waals surface area contributed by atoms with Gasteiger partial charge in [-0.15, -0.1) is 0 Å². The van der Waals surface area contributed by atoms with Gasteiger partial charge in [-0.3, -0.25) is 14.6 Å². The molecular formula is C22H25FN4O4. The lowest BCUT2D eigenvalue weighted by Gasteiger charge is -2.21. The molecule has 9 heteroatoms. The third-order valence-corrected chi connectivity index (χ3v) is 4.55. The first-order valence-electron chi connectivity index (χ1n) is 9.51. The molecule has 0 bridgehead atoms. The molecule has 0 saturated heterocycles. The molecule has 0 aliphatic heterocycles. The monoisotopic (exact) mass is 428 g/mol. The molecule has 2 amide bonds. The number of nitrogens with zero attached hydrogens (tertiary/aromatic N) is 2. The van der Waals surface area contributed by atoms with Crippen LogP contribution >= 0.6 is 0 Å². The second-order valence-corrected chi connectivity index (χ2v) is 8.42. The van der Waals surface area contributed by atoms with Crippen molar-refractivity contribution in [3.63, 3.8) is 0 Å². The van der Waals surface area contributed by atoms with Crippen LogP contribution < -0.4 is 10.6 Å². The molecule has 0 radical (unpaired) electrons. The van der Waals surface area contributed by atoms with Gasteiger partial charge in [0.2, 0.25) is 5.91 Å². The van der Waals surface area contributed by atoms with Gasteiger partial charge in [0, 0.05) is 23.0 Å². The number of phenolic OH excluding ortho intramolecular Hbond substituents is 1. The lowest BCUT2D eigenvalue weighted by Crippen LogP contribution is -2.47. The summed E-state index contributed by atoms with van der Waals surface area (Å²) in [5.41, 5.74) is -1.31. The van der Waals surface area contributed by atoms with Crippen molar-refractivity contribution < 1.29 is 24.2 Å². The van der Waals surface area contributed by atoms with Crippen LogP contribution in [0, 0.1) is 17.1 Å². The van der Waals surface area contributed by atoms with Crippen LogP contribution in [0.5, 0.6) is 5.75 Å². The van der Waals surface area contributed by atoms with E-state index in [1.807, 2.05) is 20.8 Å². The maximum absolute atomic E-state index is 14.5. The number of pyridine rings is 1. The molecule has 1 aromatic heterocycles. The summed E-state index contributed by atoms with van der Waals surface area (Å²) >= 11 is 0. The zero-order valence-electron chi connectivity index (χ0n) is 17.8. The summed E-state index contributed by atoms with van der Waals surface area (Å²) in [6.45, 7) is 6.28. The van der Waals surface area contributed by atoms with Crippen molar-refractivity contribution in [3.05, 3.63) is 53.1 Å². The summed E-state index contributed by atoms with van der Waals surface area (Å²) < 4.78 is 14.5. The number of rotatable bonds is 6. The van der Waals surface area contributed by atoms with Crippen LogP contribution in [0.15, 0.2) is 30.5 Å². The summed E-state index contributed by atoms with van der Waals surface area (Å²) in [5.74, 6) is -1.96. The van der Waals surface area contributed by atoms with E-state index in [-0.39, 0.29) is 29.1 Å². The highest BCUT2D eigenvalue weighted by molar-refractivity contribution is 5.96. The summed E-state index contributed by atoms with van der Waals surface area (Å²) in [6, 6.07) is 6.98. The molecule has 1 heterocycles. The van der Waals surface area contributed by atoms with Crippen molar-refractivity contribution in [3.8, 4) is 11.8 Å². The Morgan fingerprint density at radius 3 is 2.48 bits per heavy atom. The molecule has 1 aromatic carbocycles. The Morgan fingerprint density at radius 2 is 1.90 bits per heavy atom. The summed E-state index contributed by atoms with van der Waals surface area (Å²) in [5, 5.41) is 33.4. The number of halogens is 1. The van der Waals surface area contributed by atoms with Crippen LogP contribution in [0.1, 0.15) is 49.3 Å². The topological polar surface area (TPSA) is 135 Å². The number of nitrogens with one attached hydrogen (secondary N) is 2. The quantitative estimate of drug-likeness (QED) is 0.558. The minimum absolute atomic E-state index is 0.0303. The third kappa shape index (κ3) is 5.99. The first kappa shape index (κ1) is 23.8. The van der Waals surface area contributed by atoms with E-state index in [1.165, 1.54) is 37.4 Å². The fourth-order valence-corrected chi connectivity index (χ4v) is 2.77. The molecule has 0 spiro atoms. The average Bonchev–Trinajstić information content (AvgIpc) is 2.69. The lowest BCUT2D eigenvalue weighted by atomic mass is 9.85. The van der Waals surface area contributed by atoms with Gasteiger partial charge in [0.25, 0.3) is 5.91 Å². The number of anilines is 1. The van der Waals surface area contributed by atoms with Crippen molar-refractivity contribution >= 4 is 17.5 Å². The van der Waals surface area contributed by atoms with Crippen molar-refractivity contribution in [1.82, 2.24) is 10.3 Å². The third-order valence-electron chi connectivity index (χ3n) is 4.55. The number of hydrogen-bond donors (Lipinski definition) is 4. The number of nitriles is 1. The van der Waals surface area contributed by atoms with Gasteiger partial charge in [-0.05, 0) is 36.6 Å². The Kier molecular flexibility index (Phi) is 6.98. The molecule has 0 unspecified atom stereocenters. The number of aromatic hydroxyl groups is 1. The van der Waals surface area contributed by atoms with Gasteiger partial charge < -0.3 is 20.8 Å². The maximum atomic E-state index is 14.5. The number of amides is 2. The fourth-order valence-electron chi connectivity index (χ4n) is 2.77. The highest BCUT2D eigenvalue weighted by Gasteiger charge is 2.26. The van der Waals surface area contributed by atoms with Crippen LogP contribution in [0.4, 0.5) is 10.1 Å². The van der Waals surface area contributed by atoms with Crippen LogP contribution in [0.2, 0.25) is 0 Å². The Labute approximate surface area is 179 Å². The fraction of sp³-hybridized carbons (Fsp3) is 0.364. The van der Waals surface area contributed by atoms with Crippen LogP contribution in [0.3, 0.4) is 0 Å². The second kappa shape index (κ2) is 9.10. The van der Waals surface area contributed by atoms with E-state index in [9.17, 15) is 24.2 Å². The number of carbonyl (C=O) groups is 2. The molecule has 0 saturated carbocycles. The van der Waals surface area contributed by atoms with Gasteiger partial charge in [-0.25, -0.2) is 4.39 Å². The van der Waals surface area contributed by atoms with Gasteiger partial charge in [-0.1, -0.05) is 20.8 Å². The zero-order chi connectivity index (χ0) is 23.4. The summed E-state index contributed by atoms with van der Waals surface area (Å²) in [7, 11) is 0. The summed E-state index contributed by atoms with van der Waals surface area (Å²) in [6.07, 6.45) is 0.961. The van der Waals surface area contributed by atoms with Crippen molar-refractivity contribution in [2.75, 3.05) is 11.9 Å². The molecule has 0 aliphatic rings. The smallest absolute Gasteiger partial charge is 0.271 e. The number of benzene rings is 1. The second-order valence-electron chi connectivity index (χ2n) is 8.42. The molecule has 8 nitrogen and oxygen atoms in total. The Bertz CT molecular complexity index is 1040. The highest BCUT2D eigenvalue weighted by atomic mass is 19.1. The molecule has 0 aliphatic carbocycles. The number of aliphatic hydroxyl groups is 1. The first-order valence-corrected chi connectivity index (χ1v) is 9.51. The number of phenols is 1. The SMILES string of the molecule is CC(C)(C)c1cc(F)c(CC(=O)Nc2ccnc(C(=O)N[C@@](C)(C#N)CO)c2)cc1O. The van der Waals surface area contributed by atoms with Crippen molar-refractivity contribution in [2.24, 2.45) is 0 Å². The molecule has 4 N–H and O–H groups in total. The first-order chi connectivity index (χ1) is 14.4. The minimum Gasteiger partial charge on any atom is -0.508 e. The predicted molar refractivity (Wildman–Crippen MR) is 112 cm³/mol. The lowest BCUT2D eigenvalue weighted by molar-refractivity contribution is -0.115. The molecule has 2 rings (SSSR count). The Balaban J connectivity index is 2.14. The largest absolute Gasteiger partial charge is 0.508 e. The Hall–Kier alpha value is -3.51. The molecular weight excluding hydrogens is 403 g/mol. The number of carbonyl (C=O) groups excluding carboxylic acids is 2. The number of aliphatic hydroxyl groups excluding tert-OH is 1. The average molecular weight is 428 g/mol. The van der Waals surface area contributed by atoms with E-state index in [2.05, 4.69) is 15.6 Å². The van der Waals surface area contributed by atoms with E-state index in [0.717, 1.165) is 0 Å². The van der Waals surface area contributed by atoms with E-state index in [0.29, 0.717) is 5.56 Å². The normalized spacial score (nSPS) is 13.1. The number of aromatic nitrogens is 1. The zero-order valence-corrected chi connectivity index (χ0v) is 17.8. The summed E-state index contributed by atoms with van der Waals surface area (Å²) in [4.78, 5) is 28.5. The predicted octanol–water partition coefficient (Wildman–Crippen LogP) is 2.41. The van der Waals surface area contributed by atoms with Gasteiger partial charge in [0.1, 0.15) is 22.8 Å². The van der Waals surface area contributed by atoms with E-state index < -0.39 is 35.2 Å². The maximum Gasteiger partial charge on any atom is 0.271 e. The van der Waals surface area contributed by atoms with Gasteiger partial charge >= 0.3 is 0 Å². The molecule has 2 aromatic rings. The molecule has 164 valence electrons. The highest BCUT2D eigenvalue weighted by Crippen LogP contribution is 2.32. The standard InChI is InChI=1S/C22H25FN4O4/c1-21(2,3)15-10-16(23)13(7-18(15)29)8-19(30)26-14-5-6-25-17(9-14)20(31)27-22(4,11-24)12-28/h5-7,9-10,28-29H,8,12H2,1-4H3,(H,27,31)(H,25,26,30)/t22-/m0/s1. The van der Waals surface area contributed by atoms with Gasteiger partial charge in [0.15, 0.2) is 0 Å². The van der Waals surface area contributed by atoms with E-state index in [4.69, 9.17) is 5.26 Å².